The van der Waals surface area contributed by atoms with E-state index in [-0.39, 0.29) is 5.41 Å². The number of halogens is 3. The van der Waals surface area contributed by atoms with Crippen LogP contribution in [0, 0.1) is 11.6 Å². The van der Waals surface area contributed by atoms with Crippen molar-refractivity contribution in [2.75, 3.05) is 0 Å². The Bertz CT molecular complexity index is 378. The molecule has 3 heteroatoms. The highest BCUT2D eigenvalue weighted by Crippen LogP contribution is 2.43. The molecule has 0 amide bonds. The normalized spacial score (nSPS) is 30.8. The third kappa shape index (κ3) is 2.07. The number of hydrogen-bond acceptors (Lipinski definition) is 0. The van der Waals surface area contributed by atoms with Crippen molar-refractivity contribution < 1.29 is 8.78 Å². The lowest BCUT2D eigenvalue weighted by molar-refractivity contribution is 0.472. The first-order chi connectivity index (χ1) is 7.01. The predicted molar refractivity (Wildman–Crippen MR) is 60.3 cm³/mol. The van der Waals surface area contributed by atoms with Gasteiger partial charge in [0.25, 0.3) is 0 Å². The van der Waals surface area contributed by atoms with Crippen LogP contribution in [0.15, 0.2) is 18.2 Å². The van der Waals surface area contributed by atoms with E-state index in [1.54, 1.807) is 6.07 Å². The average Bonchev–Trinajstić information content (AvgIpc) is 2.52. The molecule has 0 bridgehead atoms. The number of hydrogen-bond donors (Lipinski definition) is 0. The Morgan fingerprint density at radius 1 is 1.33 bits per heavy atom. The molecular formula is C12H13BrF2. The standard InChI is InChI=1S/C12H13BrF2/c1-12(5-4-9(13)7-12)8-2-3-10(14)11(15)6-8/h2-3,6,9H,4-5,7H2,1H3. The first-order valence-electron chi connectivity index (χ1n) is 5.11. The van der Waals surface area contributed by atoms with Crippen molar-refractivity contribution in [2.24, 2.45) is 0 Å². The monoisotopic (exact) mass is 274 g/mol. The zero-order valence-corrected chi connectivity index (χ0v) is 10.2. The van der Waals surface area contributed by atoms with Crippen molar-refractivity contribution in [3.8, 4) is 0 Å². The maximum atomic E-state index is 13.1. The second-order valence-corrected chi connectivity index (χ2v) is 5.82. The van der Waals surface area contributed by atoms with Gasteiger partial charge in [0.1, 0.15) is 0 Å². The first-order valence-corrected chi connectivity index (χ1v) is 6.02. The summed E-state index contributed by atoms with van der Waals surface area (Å²) < 4.78 is 25.9. The molecule has 0 heterocycles. The van der Waals surface area contributed by atoms with Crippen LogP contribution in [0.1, 0.15) is 31.7 Å². The molecule has 0 aromatic heterocycles. The molecule has 0 spiro atoms. The summed E-state index contributed by atoms with van der Waals surface area (Å²) in [6, 6.07) is 4.25. The minimum Gasteiger partial charge on any atom is -0.204 e. The van der Waals surface area contributed by atoms with Crippen molar-refractivity contribution in [1.29, 1.82) is 0 Å². The molecule has 0 nitrogen and oxygen atoms in total. The van der Waals surface area contributed by atoms with E-state index in [4.69, 9.17) is 0 Å². The molecule has 82 valence electrons. The molecule has 2 rings (SSSR count). The van der Waals surface area contributed by atoms with Crippen LogP contribution in [0.4, 0.5) is 8.78 Å². The largest absolute Gasteiger partial charge is 0.204 e. The molecule has 0 aliphatic heterocycles. The molecule has 1 saturated carbocycles. The Morgan fingerprint density at radius 2 is 2.07 bits per heavy atom. The zero-order valence-electron chi connectivity index (χ0n) is 8.56. The van der Waals surface area contributed by atoms with Crippen LogP contribution in [-0.2, 0) is 5.41 Å². The van der Waals surface area contributed by atoms with Gasteiger partial charge in [-0.25, -0.2) is 8.78 Å². The molecule has 15 heavy (non-hydrogen) atoms. The van der Waals surface area contributed by atoms with E-state index < -0.39 is 11.6 Å². The molecule has 1 aliphatic carbocycles. The Labute approximate surface area is 96.8 Å². The highest BCUT2D eigenvalue weighted by Gasteiger charge is 2.35. The highest BCUT2D eigenvalue weighted by molar-refractivity contribution is 9.09. The molecule has 1 aliphatic rings. The minimum atomic E-state index is -0.768. The van der Waals surface area contributed by atoms with Crippen LogP contribution < -0.4 is 0 Å². The van der Waals surface area contributed by atoms with Crippen molar-refractivity contribution in [2.45, 2.75) is 36.4 Å². The van der Waals surface area contributed by atoms with Crippen molar-refractivity contribution >= 4 is 15.9 Å². The van der Waals surface area contributed by atoms with Gasteiger partial charge in [-0.1, -0.05) is 28.9 Å². The molecule has 2 atom stereocenters. The van der Waals surface area contributed by atoms with Gasteiger partial charge in [0.2, 0.25) is 0 Å². The van der Waals surface area contributed by atoms with E-state index in [0.29, 0.717) is 4.83 Å². The van der Waals surface area contributed by atoms with Gasteiger partial charge in [0.05, 0.1) is 0 Å². The molecule has 1 fully saturated rings. The van der Waals surface area contributed by atoms with Gasteiger partial charge in [-0.3, -0.25) is 0 Å². The van der Waals surface area contributed by atoms with Gasteiger partial charge >= 0.3 is 0 Å². The maximum Gasteiger partial charge on any atom is 0.159 e. The van der Waals surface area contributed by atoms with Gasteiger partial charge in [-0.15, -0.1) is 0 Å². The molecule has 1 aromatic carbocycles. The minimum absolute atomic E-state index is 0.0112. The number of rotatable bonds is 1. The molecule has 0 radical (unpaired) electrons. The first kappa shape index (κ1) is 11.1. The van der Waals surface area contributed by atoms with Crippen LogP contribution in [0.2, 0.25) is 0 Å². The lowest BCUT2D eigenvalue weighted by atomic mass is 9.81. The van der Waals surface area contributed by atoms with Crippen molar-refractivity contribution in [3.05, 3.63) is 35.4 Å². The van der Waals surface area contributed by atoms with E-state index in [1.165, 1.54) is 12.1 Å². The summed E-state index contributed by atoms with van der Waals surface area (Å²) in [5.74, 6) is -1.51. The van der Waals surface area contributed by atoms with Crippen molar-refractivity contribution in [1.82, 2.24) is 0 Å². The number of alkyl halides is 1. The second kappa shape index (κ2) is 3.85. The molecule has 0 saturated heterocycles. The van der Waals surface area contributed by atoms with E-state index in [9.17, 15) is 8.78 Å². The Kier molecular flexibility index (Phi) is 2.84. The number of benzene rings is 1. The van der Waals surface area contributed by atoms with E-state index in [1.807, 2.05) is 0 Å². The second-order valence-electron chi connectivity index (χ2n) is 4.53. The van der Waals surface area contributed by atoms with Gasteiger partial charge in [0.15, 0.2) is 11.6 Å². The van der Waals surface area contributed by atoms with Crippen LogP contribution in [-0.4, -0.2) is 4.83 Å². The molecule has 1 aromatic rings. The Balaban J connectivity index is 2.33. The molecule has 2 unspecified atom stereocenters. The van der Waals surface area contributed by atoms with Crippen LogP contribution >= 0.6 is 15.9 Å². The third-order valence-electron chi connectivity index (χ3n) is 3.30. The summed E-state index contributed by atoms with van der Waals surface area (Å²) in [4.78, 5) is 0.496. The molecular weight excluding hydrogens is 262 g/mol. The van der Waals surface area contributed by atoms with E-state index in [2.05, 4.69) is 22.9 Å². The van der Waals surface area contributed by atoms with E-state index >= 15 is 0 Å². The summed E-state index contributed by atoms with van der Waals surface area (Å²) in [6.45, 7) is 2.11. The summed E-state index contributed by atoms with van der Waals surface area (Å²) in [5.41, 5.74) is 0.895. The fourth-order valence-corrected chi connectivity index (χ4v) is 3.25. The Hall–Kier alpha value is -0.440. The van der Waals surface area contributed by atoms with Crippen LogP contribution in [0.25, 0.3) is 0 Å². The highest BCUT2D eigenvalue weighted by atomic mass is 79.9. The summed E-state index contributed by atoms with van der Waals surface area (Å²) >= 11 is 3.58. The average molecular weight is 275 g/mol. The molecule has 0 N–H and O–H groups in total. The van der Waals surface area contributed by atoms with Crippen LogP contribution in [0.5, 0.6) is 0 Å². The zero-order chi connectivity index (χ0) is 11.1. The Morgan fingerprint density at radius 3 is 2.60 bits per heavy atom. The van der Waals surface area contributed by atoms with Gasteiger partial charge in [-0.05, 0) is 42.4 Å². The fourth-order valence-electron chi connectivity index (χ4n) is 2.30. The smallest absolute Gasteiger partial charge is 0.159 e. The quantitative estimate of drug-likeness (QED) is 0.675. The summed E-state index contributed by atoms with van der Waals surface area (Å²) in [7, 11) is 0. The predicted octanol–water partition coefficient (Wildman–Crippen LogP) is 4.17. The topological polar surface area (TPSA) is 0 Å². The van der Waals surface area contributed by atoms with Gasteiger partial charge in [-0.2, -0.15) is 0 Å². The van der Waals surface area contributed by atoms with Gasteiger partial charge in [0, 0.05) is 4.83 Å². The summed E-state index contributed by atoms with van der Waals surface area (Å²) in [6.07, 6.45) is 3.10. The fraction of sp³-hybridized carbons (Fsp3) is 0.500. The third-order valence-corrected chi connectivity index (χ3v) is 4.08. The van der Waals surface area contributed by atoms with E-state index in [0.717, 1.165) is 24.8 Å². The van der Waals surface area contributed by atoms with Crippen LogP contribution in [0.3, 0.4) is 0 Å². The lowest BCUT2D eigenvalue weighted by Crippen LogP contribution is -2.18. The maximum absolute atomic E-state index is 13.1. The van der Waals surface area contributed by atoms with Crippen molar-refractivity contribution in [3.63, 3.8) is 0 Å². The summed E-state index contributed by atoms with van der Waals surface area (Å²) in [5, 5.41) is 0. The SMILES string of the molecule is CC1(c2ccc(F)c(F)c2)CCC(Br)C1. The van der Waals surface area contributed by atoms with Gasteiger partial charge < -0.3 is 0 Å². The lowest BCUT2D eigenvalue weighted by Gasteiger charge is -2.24.